The van der Waals surface area contributed by atoms with Gasteiger partial charge in [-0.2, -0.15) is 0 Å². The maximum atomic E-state index is 14.7. The Kier molecular flexibility index (Phi) is 3.51. The van der Waals surface area contributed by atoms with Crippen molar-refractivity contribution in [2.24, 2.45) is 0 Å². The Morgan fingerprint density at radius 2 is 1.88 bits per heavy atom. The molecule has 0 amide bonds. The first-order valence-corrected chi connectivity index (χ1v) is 9.32. The van der Waals surface area contributed by atoms with E-state index in [1.807, 2.05) is 11.0 Å². The van der Waals surface area contributed by atoms with Gasteiger partial charge in [0, 0.05) is 38.3 Å². The molecule has 1 saturated carbocycles. The zero-order valence-corrected chi connectivity index (χ0v) is 14.4. The predicted molar refractivity (Wildman–Crippen MR) is 95.8 cm³/mol. The van der Waals surface area contributed by atoms with Crippen LogP contribution >= 0.6 is 11.3 Å². The van der Waals surface area contributed by atoms with Crippen LogP contribution < -0.4 is 9.80 Å². The van der Waals surface area contributed by atoms with Crippen molar-refractivity contribution in [1.29, 1.82) is 0 Å². The van der Waals surface area contributed by atoms with Crippen molar-refractivity contribution in [3.63, 3.8) is 0 Å². The average molecular weight is 356 g/mol. The van der Waals surface area contributed by atoms with E-state index in [0.717, 1.165) is 54.4 Å². The second-order valence-electron chi connectivity index (χ2n) is 6.48. The van der Waals surface area contributed by atoms with Gasteiger partial charge in [-0.05, 0) is 18.9 Å². The number of pyridine rings is 1. The average Bonchev–Trinajstić information content (AvgIpc) is 3.40. The molecule has 1 saturated heterocycles. The van der Waals surface area contributed by atoms with Crippen LogP contribution in [0.15, 0.2) is 24.8 Å². The molecule has 128 valence electrons. The van der Waals surface area contributed by atoms with Gasteiger partial charge in [0.1, 0.15) is 11.8 Å². The van der Waals surface area contributed by atoms with Gasteiger partial charge in [-0.1, -0.05) is 11.3 Å². The molecular formula is C17H17FN6S. The Labute approximate surface area is 148 Å². The van der Waals surface area contributed by atoms with E-state index in [-0.39, 0.29) is 5.82 Å². The van der Waals surface area contributed by atoms with Crippen LogP contribution in [0, 0.1) is 5.82 Å². The minimum Gasteiger partial charge on any atom is -0.351 e. The SMILES string of the molecule is Fc1c(C2CC2)ncnc1N1CCN(c2nc3cnccc3s2)CC1. The first-order chi connectivity index (χ1) is 12.3. The monoisotopic (exact) mass is 356 g/mol. The van der Waals surface area contributed by atoms with Crippen LogP contribution in [0.5, 0.6) is 0 Å². The van der Waals surface area contributed by atoms with Gasteiger partial charge in [0.25, 0.3) is 0 Å². The first-order valence-electron chi connectivity index (χ1n) is 8.50. The first kappa shape index (κ1) is 14.9. The van der Waals surface area contributed by atoms with E-state index in [1.54, 1.807) is 23.7 Å². The van der Waals surface area contributed by atoms with Crippen molar-refractivity contribution in [3.05, 3.63) is 36.3 Å². The van der Waals surface area contributed by atoms with Crippen LogP contribution in [0.3, 0.4) is 0 Å². The van der Waals surface area contributed by atoms with Crippen molar-refractivity contribution in [3.8, 4) is 0 Å². The summed E-state index contributed by atoms with van der Waals surface area (Å²) in [5, 5.41) is 1.00. The number of anilines is 2. The number of hydrogen-bond donors (Lipinski definition) is 0. The van der Waals surface area contributed by atoms with Crippen LogP contribution in [-0.4, -0.2) is 46.1 Å². The molecular weight excluding hydrogens is 339 g/mol. The Balaban J connectivity index is 1.33. The van der Waals surface area contributed by atoms with Crippen molar-refractivity contribution in [1.82, 2.24) is 19.9 Å². The van der Waals surface area contributed by atoms with Gasteiger partial charge >= 0.3 is 0 Å². The van der Waals surface area contributed by atoms with Crippen LogP contribution in [0.25, 0.3) is 10.2 Å². The van der Waals surface area contributed by atoms with E-state index in [9.17, 15) is 4.39 Å². The maximum absolute atomic E-state index is 14.7. The molecule has 25 heavy (non-hydrogen) atoms. The zero-order valence-electron chi connectivity index (χ0n) is 13.6. The summed E-state index contributed by atoms with van der Waals surface area (Å²) < 4.78 is 15.9. The molecule has 4 heterocycles. The number of hydrogen-bond acceptors (Lipinski definition) is 7. The summed E-state index contributed by atoms with van der Waals surface area (Å²) in [4.78, 5) is 21.4. The molecule has 0 radical (unpaired) electrons. The van der Waals surface area contributed by atoms with Crippen LogP contribution in [0.1, 0.15) is 24.5 Å². The minimum absolute atomic E-state index is 0.232. The lowest BCUT2D eigenvalue weighted by molar-refractivity contribution is 0.567. The second-order valence-corrected chi connectivity index (χ2v) is 7.49. The summed E-state index contributed by atoms with van der Waals surface area (Å²) in [7, 11) is 0. The lowest BCUT2D eigenvalue weighted by Gasteiger charge is -2.35. The molecule has 3 aromatic heterocycles. The number of rotatable bonds is 3. The van der Waals surface area contributed by atoms with E-state index >= 15 is 0 Å². The topological polar surface area (TPSA) is 58.0 Å². The van der Waals surface area contributed by atoms with E-state index in [1.165, 1.54) is 6.33 Å². The van der Waals surface area contributed by atoms with Crippen LogP contribution in [0.2, 0.25) is 0 Å². The molecule has 3 aromatic rings. The largest absolute Gasteiger partial charge is 0.351 e. The van der Waals surface area contributed by atoms with E-state index in [2.05, 4.69) is 24.8 Å². The molecule has 0 bridgehead atoms. The summed E-state index contributed by atoms with van der Waals surface area (Å²) in [5.41, 5.74) is 1.52. The smallest absolute Gasteiger partial charge is 0.187 e. The predicted octanol–water partition coefficient (Wildman–Crippen LogP) is 2.82. The fourth-order valence-corrected chi connectivity index (χ4v) is 4.23. The number of aromatic nitrogens is 4. The van der Waals surface area contributed by atoms with Crippen LogP contribution in [-0.2, 0) is 0 Å². The maximum Gasteiger partial charge on any atom is 0.187 e. The van der Waals surface area contributed by atoms with E-state index < -0.39 is 0 Å². The minimum atomic E-state index is -0.232. The number of fused-ring (bicyclic) bond motifs is 1. The van der Waals surface area contributed by atoms with E-state index in [4.69, 9.17) is 0 Å². The second kappa shape index (κ2) is 5.87. The molecule has 0 atom stereocenters. The molecule has 0 N–H and O–H groups in total. The quantitative estimate of drug-likeness (QED) is 0.719. The zero-order chi connectivity index (χ0) is 16.8. The Hall–Kier alpha value is -2.35. The molecule has 0 spiro atoms. The van der Waals surface area contributed by atoms with Gasteiger partial charge < -0.3 is 9.80 Å². The third-order valence-corrected chi connectivity index (χ3v) is 5.89. The highest BCUT2D eigenvalue weighted by molar-refractivity contribution is 7.22. The van der Waals surface area contributed by atoms with Crippen molar-refractivity contribution in [2.45, 2.75) is 18.8 Å². The lowest BCUT2D eigenvalue weighted by Crippen LogP contribution is -2.47. The van der Waals surface area contributed by atoms with E-state index in [0.29, 0.717) is 17.4 Å². The van der Waals surface area contributed by atoms with Gasteiger partial charge in [-0.15, -0.1) is 0 Å². The molecule has 0 aromatic carbocycles. The number of piperazine rings is 1. The summed E-state index contributed by atoms with van der Waals surface area (Å²) in [6.45, 7) is 3.06. The van der Waals surface area contributed by atoms with Gasteiger partial charge in [-0.3, -0.25) is 4.98 Å². The van der Waals surface area contributed by atoms with Gasteiger partial charge in [0.15, 0.2) is 16.8 Å². The van der Waals surface area contributed by atoms with Gasteiger partial charge in [-0.25, -0.2) is 19.3 Å². The standard InChI is InChI=1S/C17H17FN6S/c18-14-15(11-1-2-11)20-10-21-16(14)23-5-7-24(8-6-23)17-22-12-9-19-4-3-13(12)25-17/h3-4,9-11H,1-2,5-8H2. The summed E-state index contributed by atoms with van der Waals surface area (Å²) in [5.74, 6) is 0.508. The molecule has 0 unspecified atom stereocenters. The van der Waals surface area contributed by atoms with Crippen molar-refractivity contribution < 1.29 is 4.39 Å². The van der Waals surface area contributed by atoms with Gasteiger partial charge in [0.05, 0.1) is 16.6 Å². The fourth-order valence-electron chi connectivity index (χ4n) is 3.25. The highest BCUT2D eigenvalue weighted by Crippen LogP contribution is 2.41. The molecule has 2 fully saturated rings. The lowest BCUT2D eigenvalue weighted by atomic mass is 10.2. The highest BCUT2D eigenvalue weighted by atomic mass is 32.1. The fraction of sp³-hybridized carbons (Fsp3) is 0.412. The Morgan fingerprint density at radius 3 is 2.64 bits per heavy atom. The third-order valence-electron chi connectivity index (χ3n) is 4.79. The molecule has 6 nitrogen and oxygen atoms in total. The summed E-state index contributed by atoms with van der Waals surface area (Å²) >= 11 is 1.68. The number of thiazole rings is 1. The molecule has 8 heteroatoms. The highest BCUT2D eigenvalue weighted by Gasteiger charge is 2.31. The normalized spacial score (nSPS) is 18.1. The molecule has 1 aliphatic heterocycles. The van der Waals surface area contributed by atoms with Crippen LogP contribution in [0.4, 0.5) is 15.3 Å². The molecule has 1 aliphatic carbocycles. The molecule has 2 aliphatic rings. The Bertz CT molecular complexity index is 883. The third kappa shape index (κ3) is 2.70. The summed E-state index contributed by atoms with van der Waals surface area (Å²) in [6, 6.07) is 1.99. The Morgan fingerprint density at radius 1 is 1.08 bits per heavy atom. The van der Waals surface area contributed by atoms with Crippen molar-refractivity contribution in [2.75, 3.05) is 36.0 Å². The van der Waals surface area contributed by atoms with Gasteiger partial charge in [0.2, 0.25) is 0 Å². The summed E-state index contributed by atoms with van der Waals surface area (Å²) in [6.07, 6.45) is 7.15. The molecule has 5 rings (SSSR count). The van der Waals surface area contributed by atoms with Crippen molar-refractivity contribution >= 4 is 32.5 Å². The number of nitrogens with zero attached hydrogens (tertiary/aromatic N) is 6. The number of halogens is 1.